The molecule has 0 aliphatic carbocycles. The highest BCUT2D eigenvalue weighted by Crippen LogP contribution is 2.20. The number of anilines is 1. The van der Waals surface area contributed by atoms with E-state index in [0.717, 1.165) is 0 Å². The van der Waals surface area contributed by atoms with Crippen LogP contribution in [0.3, 0.4) is 0 Å². The highest BCUT2D eigenvalue weighted by Gasteiger charge is 2.10. The molecule has 0 aliphatic rings. The fourth-order valence-electron chi connectivity index (χ4n) is 0.875. The summed E-state index contributed by atoms with van der Waals surface area (Å²) in [6, 6.07) is 1.21. The maximum absolute atomic E-state index is 12.9. The zero-order valence-corrected chi connectivity index (χ0v) is 9.00. The number of hydrogen-bond acceptors (Lipinski definition) is 1. The lowest BCUT2D eigenvalue weighted by Crippen LogP contribution is -2.00. The molecule has 0 aromatic heterocycles. The van der Waals surface area contributed by atoms with Gasteiger partial charge in [0.15, 0.2) is 11.6 Å². The summed E-state index contributed by atoms with van der Waals surface area (Å²) in [5.74, 6) is -2.89. The molecule has 0 unspecified atom stereocenters. The molecule has 1 aromatic carbocycles. The van der Waals surface area contributed by atoms with Crippen molar-refractivity contribution in [2.45, 2.75) is 20.8 Å². The van der Waals surface area contributed by atoms with Gasteiger partial charge in [-0.05, 0) is 6.92 Å². The van der Waals surface area contributed by atoms with Gasteiger partial charge in [-0.2, -0.15) is 0 Å². The molecule has 0 fully saturated rings. The van der Waals surface area contributed by atoms with Crippen LogP contribution in [0, 0.1) is 17.5 Å². The van der Waals surface area contributed by atoms with Gasteiger partial charge in [-0.3, -0.25) is 0 Å². The van der Waals surface area contributed by atoms with Crippen LogP contribution in [-0.2, 0) is 0 Å². The predicted octanol–water partition coefficient (Wildman–Crippen LogP) is 4.08. The van der Waals surface area contributed by atoms with Crippen molar-refractivity contribution in [2.75, 3.05) is 5.32 Å². The minimum Gasteiger partial charge on any atom is -0.355 e. The summed E-state index contributed by atoms with van der Waals surface area (Å²) in [4.78, 5) is 0. The summed E-state index contributed by atoms with van der Waals surface area (Å²) in [5, 5.41) is 2.36. The van der Waals surface area contributed by atoms with Gasteiger partial charge in [0, 0.05) is 17.8 Å². The first-order valence-electron chi connectivity index (χ1n) is 4.58. The van der Waals surface area contributed by atoms with E-state index in [2.05, 4.69) is 11.9 Å². The zero-order chi connectivity index (χ0) is 12.0. The van der Waals surface area contributed by atoms with Crippen molar-refractivity contribution in [1.29, 1.82) is 0 Å². The highest BCUT2D eigenvalue weighted by molar-refractivity contribution is 5.50. The van der Waals surface area contributed by atoms with E-state index in [1.165, 1.54) is 0 Å². The monoisotopic (exact) mass is 217 g/mol. The van der Waals surface area contributed by atoms with Gasteiger partial charge in [0.05, 0.1) is 0 Å². The Balaban J connectivity index is 0.000000921. The fourth-order valence-corrected chi connectivity index (χ4v) is 0.875. The lowest BCUT2D eigenvalue weighted by molar-refractivity contribution is 0.548. The number of rotatable bonds is 2. The molecule has 1 nitrogen and oxygen atoms in total. The molecule has 4 heteroatoms. The third kappa shape index (κ3) is 4.06. The van der Waals surface area contributed by atoms with E-state index in [9.17, 15) is 13.2 Å². The van der Waals surface area contributed by atoms with E-state index in [1.54, 1.807) is 6.92 Å². The maximum atomic E-state index is 12.9. The van der Waals surface area contributed by atoms with Gasteiger partial charge in [0.2, 0.25) is 0 Å². The minimum atomic E-state index is -0.972. The van der Waals surface area contributed by atoms with Gasteiger partial charge in [0.1, 0.15) is 11.5 Å². The Labute approximate surface area is 87.6 Å². The van der Waals surface area contributed by atoms with Crippen LogP contribution in [0.2, 0.25) is 0 Å². The second-order valence-electron chi connectivity index (χ2n) is 2.65. The molecule has 0 saturated carbocycles. The van der Waals surface area contributed by atoms with Crippen LogP contribution in [0.25, 0.3) is 0 Å². The van der Waals surface area contributed by atoms with Gasteiger partial charge in [-0.25, -0.2) is 13.2 Å². The molecule has 0 bridgehead atoms. The summed E-state index contributed by atoms with van der Waals surface area (Å²) in [5.41, 5.74) is -0.00157. The van der Waals surface area contributed by atoms with Crippen molar-refractivity contribution >= 4 is 5.69 Å². The van der Waals surface area contributed by atoms with Crippen LogP contribution in [0.1, 0.15) is 20.8 Å². The van der Waals surface area contributed by atoms with E-state index < -0.39 is 17.5 Å². The Kier molecular flexibility index (Phi) is 5.52. The number of halogens is 3. The van der Waals surface area contributed by atoms with Crippen molar-refractivity contribution in [3.63, 3.8) is 0 Å². The normalized spacial score (nSPS) is 8.93. The molecule has 15 heavy (non-hydrogen) atoms. The van der Waals surface area contributed by atoms with Crippen LogP contribution >= 0.6 is 0 Å². The second-order valence-corrected chi connectivity index (χ2v) is 2.65. The molecule has 0 amide bonds. The predicted molar refractivity (Wildman–Crippen MR) is 56.1 cm³/mol. The highest BCUT2D eigenvalue weighted by atomic mass is 19.1. The summed E-state index contributed by atoms with van der Waals surface area (Å²) >= 11 is 0. The van der Waals surface area contributed by atoms with Crippen LogP contribution in [-0.4, -0.2) is 0 Å². The standard InChI is InChI=1S/C9H8F3N.C2H6/c1-5(2)13-9-7(11)3-6(10)4-8(9)12;1-2/h3-4,13H,1H2,2H3;1-2H3. The smallest absolute Gasteiger partial charge is 0.152 e. The van der Waals surface area contributed by atoms with Gasteiger partial charge >= 0.3 is 0 Å². The first-order chi connectivity index (χ1) is 7.00. The largest absolute Gasteiger partial charge is 0.355 e. The Morgan fingerprint density at radius 1 is 1.13 bits per heavy atom. The lowest BCUT2D eigenvalue weighted by atomic mass is 10.2. The van der Waals surface area contributed by atoms with Gasteiger partial charge < -0.3 is 5.32 Å². The molecular weight excluding hydrogens is 203 g/mol. The third-order valence-corrected chi connectivity index (χ3v) is 1.35. The van der Waals surface area contributed by atoms with Crippen molar-refractivity contribution in [2.24, 2.45) is 0 Å². The first-order valence-corrected chi connectivity index (χ1v) is 4.58. The van der Waals surface area contributed by atoms with Crippen LogP contribution in [0.5, 0.6) is 0 Å². The summed E-state index contributed by atoms with van der Waals surface area (Å²) < 4.78 is 38.2. The molecule has 0 heterocycles. The molecular formula is C11H14F3N. The van der Waals surface area contributed by atoms with Crippen LogP contribution < -0.4 is 5.32 Å². The average molecular weight is 217 g/mol. The first kappa shape index (κ1) is 13.5. The third-order valence-electron chi connectivity index (χ3n) is 1.35. The fraction of sp³-hybridized carbons (Fsp3) is 0.273. The number of benzene rings is 1. The van der Waals surface area contributed by atoms with E-state index in [-0.39, 0.29) is 5.69 Å². The van der Waals surface area contributed by atoms with Crippen molar-refractivity contribution < 1.29 is 13.2 Å². The lowest BCUT2D eigenvalue weighted by Gasteiger charge is -2.07. The Bertz CT molecular complexity index is 325. The SMILES string of the molecule is C=C(C)Nc1c(F)cc(F)cc1F.CC. The van der Waals surface area contributed by atoms with E-state index >= 15 is 0 Å². The number of nitrogens with one attached hydrogen (secondary N) is 1. The Morgan fingerprint density at radius 2 is 1.53 bits per heavy atom. The Hall–Kier alpha value is -1.45. The molecule has 1 aromatic rings. The molecule has 84 valence electrons. The number of allylic oxidation sites excluding steroid dienone is 1. The van der Waals surface area contributed by atoms with E-state index in [1.807, 2.05) is 13.8 Å². The second kappa shape index (κ2) is 6.11. The van der Waals surface area contributed by atoms with Crippen LogP contribution in [0.15, 0.2) is 24.4 Å². The topological polar surface area (TPSA) is 12.0 Å². The van der Waals surface area contributed by atoms with Gasteiger partial charge in [-0.15, -0.1) is 0 Å². The van der Waals surface area contributed by atoms with Crippen molar-refractivity contribution in [1.82, 2.24) is 0 Å². The molecule has 0 radical (unpaired) electrons. The maximum Gasteiger partial charge on any atom is 0.152 e. The molecule has 0 spiro atoms. The quantitative estimate of drug-likeness (QED) is 0.787. The molecule has 1 N–H and O–H groups in total. The van der Waals surface area contributed by atoms with E-state index in [0.29, 0.717) is 17.8 Å². The average Bonchev–Trinajstić information content (AvgIpc) is 2.14. The van der Waals surface area contributed by atoms with Gasteiger partial charge in [0.25, 0.3) is 0 Å². The summed E-state index contributed by atoms with van der Waals surface area (Å²) in [6.07, 6.45) is 0. The van der Waals surface area contributed by atoms with Crippen molar-refractivity contribution in [3.05, 3.63) is 41.9 Å². The van der Waals surface area contributed by atoms with Crippen molar-refractivity contribution in [3.8, 4) is 0 Å². The summed E-state index contributed by atoms with van der Waals surface area (Å²) in [6.45, 7) is 8.96. The van der Waals surface area contributed by atoms with Crippen LogP contribution in [0.4, 0.5) is 18.9 Å². The molecule has 0 aliphatic heterocycles. The minimum absolute atomic E-state index is 0.379. The number of hydrogen-bond donors (Lipinski definition) is 1. The molecule has 0 atom stereocenters. The van der Waals surface area contributed by atoms with Gasteiger partial charge in [-0.1, -0.05) is 20.4 Å². The summed E-state index contributed by atoms with van der Waals surface area (Å²) in [7, 11) is 0. The molecule has 1 rings (SSSR count). The Morgan fingerprint density at radius 3 is 1.87 bits per heavy atom. The molecule has 0 saturated heterocycles. The zero-order valence-electron chi connectivity index (χ0n) is 9.00. The van der Waals surface area contributed by atoms with E-state index in [4.69, 9.17) is 0 Å².